The summed E-state index contributed by atoms with van der Waals surface area (Å²) >= 11 is 1.27. The molecule has 2 aromatic carbocycles. The molecule has 1 aliphatic rings. The standard InChI is InChI=1S/C28H32N4O3S2/c1-30(22-24-8-11-27-25(20-24)4-2-12-29-27)21-23-6-9-26(10-7-23)35-18-17-31-13-15-32(16-14-31)37(33,34)28-5-3-19-36-28/h2-12,19-20H,13-18,21-22H2,1H3. The number of aromatic nitrogens is 1. The maximum Gasteiger partial charge on any atom is 0.252 e. The van der Waals surface area contributed by atoms with Crippen LogP contribution in [0.5, 0.6) is 5.75 Å². The number of benzene rings is 2. The van der Waals surface area contributed by atoms with Crippen molar-refractivity contribution in [2.24, 2.45) is 0 Å². The van der Waals surface area contributed by atoms with Gasteiger partial charge in [-0.15, -0.1) is 11.3 Å². The molecule has 7 nitrogen and oxygen atoms in total. The highest BCUT2D eigenvalue weighted by molar-refractivity contribution is 7.91. The Balaban J connectivity index is 1.04. The van der Waals surface area contributed by atoms with E-state index in [1.807, 2.05) is 24.4 Å². The zero-order valence-electron chi connectivity index (χ0n) is 21.0. The average Bonchev–Trinajstić information content (AvgIpc) is 3.46. The van der Waals surface area contributed by atoms with E-state index in [9.17, 15) is 8.42 Å². The summed E-state index contributed by atoms with van der Waals surface area (Å²) in [7, 11) is -1.23. The first-order valence-corrected chi connectivity index (χ1v) is 14.8. The highest BCUT2D eigenvalue weighted by Gasteiger charge is 2.28. The number of fused-ring (bicyclic) bond motifs is 1. The van der Waals surface area contributed by atoms with Crippen LogP contribution in [0.3, 0.4) is 0 Å². The van der Waals surface area contributed by atoms with Crippen molar-refractivity contribution in [1.29, 1.82) is 0 Å². The Morgan fingerprint density at radius 1 is 0.946 bits per heavy atom. The molecule has 0 spiro atoms. The first-order chi connectivity index (χ1) is 18.0. The van der Waals surface area contributed by atoms with Crippen LogP contribution in [0.2, 0.25) is 0 Å². The van der Waals surface area contributed by atoms with E-state index in [1.165, 1.54) is 27.8 Å². The van der Waals surface area contributed by atoms with E-state index in [0.717, 1.165) is 30.9 Å². The minimum Gasteiger partial charge on any atom is -0.492 e. The normalized spacial score (nSPS) is 15.4. The molecular weight excluding hydrogens is 504 g/mol. The van der Waals surface area contributed by atoms with Gasteiger partial charge in [-0.1, -0.05) is 30.3 Å². The highest BCUT2D eigenvalue weighted by atomic mass is 32.2. The molecule has 0 amide bonds. The number of ether oxygens (including phenoxy) is 1. The molecule has 2 aromatic heterocycles. The monoisotopic (exact) mass is 536 g/mol. The molecule has 1 aliphatic heterocycles. The second kappa shape index (κ2) is 11.7. The minimum atomic E-state index is -3.36. The third-order valence-corrected chi connectivity index (χ3v) is 9.86. The van der Waals surface area contributed by atoms with Crippen molar-refractivity contribution in [1.82, 2.24) is 19.1 Å². The van der Waals surface area contributed by atoms with Gasteiger partial charge in [0.15, 0.2) is 0 Å². The van der Waals surface area contributed by atoms with Crippen molar-refractivity contribution in [3.05, 3.63) is 89.4 Å². The second-order valence-corrected chi connectivity index (χ2v) is 12.5. The van der Waals surface area contributed by atoms with Crippen LogP contribution in [0.4, 0.5) is 0 Å². The van der Waals surface area contributed by atoms with Crippen molar-refractivity contribution in [2.45, 2.75) is 17.3 Å². The molecule has 37 heavy (non-hydrogen) atoms. The van der Waals surface area contributed by atoms with Gasteiger partial charge in [0.25, 0.3) is 10.0 Å². The molecule has 0 aliphatic carbocycles. The SMILES string of the molecule is CN(Cc1ccc(OCCN2CCN(S(=O)(=O)c3cccs3)CC2)cc1)Cc1ccc2ncccc2c1. The number of hydrogen-bond donors (Lipinski definition) is 0. The number of nitrogens with zero attached hydrogens (tertiary/aromatic N) is 4. The molecule has 9 heteroatoms. The second-order valence-electron chi connectivity index (χ2n) is 9.37. The third-order valence-electron chi connectivity index (χ3n) is 6.59. The van der Waals surface area contributed by atoms with Crippen LogP contribution in [0.15, 0.2) is 82.5 Å². The predicted octanol–water partition coefficient (Wildman–Crippen LogP) is 4.31. The third kappa shape index (κ3) is 6.55. The van der Waals surface area contributed by atoms with E-state index in [-0.39, 0.29) is 0 Å². The number of piperazine rings is 1. The van der Waals surface area contributed by atoms with Crippen LogP contribution >= 0.6 is 11.3 Å². The highest BCUT2D eigenvalue weighted by Crippen LogP contribution is 2.22. The zero-order valence-corrected chi connectivity index (χ0v) is 22.6. The van der Waals surface area contributed by atoms with Gasteiger partial charge in [0.1, 0.15) is 16.6 Å². The van der Waals surface area contributed by atoms with Gasteiger partial charge in [0.2, 0.25) is 0 Å². The number of thiophene rings is 1. The van der Waals surface area contributed by atoms with Crippen LogP contribution in [-0.4, -0.2) is 73.9 Å². The van der Waals surface area contributed by atoms with Gasteiger partial charge in [0.05, 0.1) is 5.52 Å². The van der Waals surface area contributed by atoms with Gasteiger partial charge in [0, 0.05) is 57.4 Å². The minimum absolute atomic E-state index is 0.421. The first-order valence-electron chi connectivity index (χ1n) is 12.5. The Morgan fingerprint density at radius 2 is 1.70 bits per heavy atom. The predicted molar refractivity (Wildman–Crippen MR) is 148 cm³/mol. The zero-order chi connectivity index (χ0) is 25.7. The van der Waals surface area contributed by atoms with E-state index in [1.54, 1.807) is 21.8 Å². The number of rotatable bonds is 10. The summed E-state index contributed by atoms with van der Waals surface area (Å²) in [6.07, 6.45) is 1.82. The van der Waals surface area contributed by atoms with Crippen molar-refractivity contribution in [2.75, 3.05) is 46.4 Å². The van der Waals surface area contributed by atoms with Gasteiger partial charge in [-0.2, -0.15) is 4.31 Å². The molecule has 3 heterocycles. The number of hydrogen-bond acceptors (Lipinski definition) is 7. The van der Waals surface area contributed by atoms with E-state index in [0.29, 0.717) is 37.0 Å². The van der Waals surface area contributed by atoms with Gasteiger partial charge in [-0.3, -0.25) is 14.8 Å². The lowest BCUT2D eigenvalue weighted by molar-refractivity contribution is 0.159. The van der Waals surface area contributed by atoms with E-state index < -0.39 is 10.0 Å². The fourth-order valence-electron chi connectivity index (χ4n) is 4.62. The van der Waals surface area contributed by atoms with Gasteiger partial charge in [-0.05, 0) is 60.0 Å². The Bertz CT molecular complexity index is 1400. The van der Waals surface area contributed by atoms with Gasteiger partial charge in [-0.25, -0.2) is 8.42 Å². The van der Waals surface area contributed by atoms with Crippen LogP contribution in [0.1, 0.15) is 11.1 Å². The largest absolute Gasteiger partial charge is 0.492 e. The quantitative estimate of drug-likeness (QED) is 0.301. The van der Waals surface area contributed by atoms with Crippen LogP contribution in [-0.2, 0) is 23.1 Å². The van der Waals surface area contributed by atoms with E-state index in [4.69, 9.17) is 4.74 Å². The maximum atomic E-state index is 12.7. The smallest absolute Gasteiger partial charge is 0.252 e. The van der Waals surface area contributed by atoms with Crippen LogP contribution < -0.4 is 4.74 Å². The first kappa shape index (κ1) is 25.8. The summed E-state index contributed by atoms with van der Waals surface area (Å²) in [5.74, 6) is 0.854. The number of pyridine rings is 1. The molecule has 0 saturated carbocycles. The molecule has 5 rings (SSSR count). The Hall–Kier alpha value is -2.82. The van der Waals surface area contributed by atoms with Crippen LogP contribution in [0.25, 0.3) is 10.9 Å². The van der Waals surface area contributed by atoms with Crippen molar-refractivity contribution >= 4 is 32.3 Å². The average molecular weight is 537 g/mol. The summed E-state index contributed by atoms with van der Waals surface area (Å²) in [6.45, 7) is 5.53. The molecule has 194 valence electrons. The van der Waals surface area contributed by atoms with E-state index >= 15 is 0 Å². The van der Waals surface area contributed by atoms with Crippen LogP contribution in [0, 0.1) is 0 Å². The van der Waals surface area contributed by atoms with Crippen molar-refractivity contribution < 1.29 is 13.2 Å². The Labute approximate surface area is 223 Å². The fourth-order valence-corrected chi connectivity index (χ4v) is 7.18. The van der Waals surface area contributed by atoms with Crippen molar-refractivity contribution in [3.8, 4) is 5.75 Å². The summed E-state index contributed by atoms with van der Waals surface area (Å²) in [5, 5.41) is 2.97. The molecular formula is C28H32N4O3S2. The molecule has 0 unspecified atom stereocenters. The maximum absolute atomic E-state index is 12.7. The fraction of sp³-hybridized carbons (Fsp3) is 0.321. The Kier molecular flexibility index (Phi) is 8.17. The molecule has 4 aromatic rings. The lowest BCUT2D eigenvalue weighted by Gasteiger charge is -2.33. The molecule has 0 bridgehead atoms. The summed E-state index contributed by atoms with van der Waals surface area (Å²) in [4.78, 5) is 8.95. The number of sulfonamides is 1. The molecule has 0 N–H and O–H groups in total. The lowest BCUT2D eigenvalue weighted by atomic mass is 10.1. The summed E-state index contributed by atoms with van der Waals surface area (Å²) in [5.41, 5.74) is 3.53. The molecule has 0 radical (unpaired) electrons. The van der Waals surface area contributed by atoms with E-state index in [2.05, 4.69) is 58.2 Å². The molecule has 1 saturated heterocycles. The van der Waals surface area contributed by atoms with Gasteiger partial charge < -0.3 is 4.74 Å². The summed E-state index contributed by atoms with van der Waals surface area (Å²) in [6, 6.07) is 22.2. The summed E-state index contributed by atoms with van der Waals surface area (Å²) < 4.78 is 33.3. The molecule has 0 atom stereocenters. The Morgan fingerprint density at radius 3 is 2.46 bits per heavy atom. The topological polar surface area (TPSA) is 66.0 Å². The lowest BCUT2D eigenvalue weighted by Crippen LogP contribution is -2.49. The van der Waals surface area contributed by atoms with Gasteiger partial charge >= 0.3 is 0 Å². The van der Waals surface area contributed by atoms with Crippen molar-refractivity contribution in [3.63, 3.8) is 0 Å². The molecule has 1 fully saturated rings.